The molecule has 7 nitrogen and oxygen atoms in total. The summed E-state index contributed by atoms with van der Waals surface area (Å²) in [5.74, 6) is 0.617. The van der Waals surface area contributed by atoms with Crippen molar-refractivity contribution in [2.45, 2.75) is 45.3 Å². The van der Waals surface area contributed by atoms with Gasteiger partial charge in [0, 0.05) is 12.6 Å². The minimum atomic E-state index is -0.128. The maximum absolute atomic E-state index is 5.68. The molecule has 1 aliphatic rings. The van der Waals surface area contributed by atoms with Gasteiger partial charge >= 0.3 is 6.01 Å². The Labute approximate surface area is 112 Å². The summed E-state index contributed by atoms with van der Waals surface area (Å²) >= 11 is 0. The summed E-state index contributed by atoms with van der Waals surface area (Å²) in [6.45, 7) is 7.24. The van der Waals surface area contributed by atoms with Gasteiger partial charge in [-0.3, -0.25) is 0 Å². The molecule has 2 rings (SSSR count). The van der Waals surface area contributed by atoms with E-state index in [4.69, 9.17) is 15.2 Å². The van der Waals surface area contributed by atoms with Crippen LogP contribution in [0.1, 0.15) is 33.6 Å². The van der Waals surface area contributed by atoms with E-state index < -0.39 is 0 Å². The summed E-state index contributed by atoms with van der Waals surface area (Å²) in [5.41, 5.74) is 5.51. The van der Waals surface area contributed by atoms with Gasteiger partial charge in [-0.2, -0.15) is 15.0 Å². The number of nitrogens with one attached hydrogen (secondary N) is 1. The summed E-state index contributed by atoms with van der Waals surface area (Å²) in [7, 11) is 0. The largest absolute Gasteiger partial charge is 0.464 e. The molecule has 0 radical (unpaired) electrons. The van der Waals surface area contributed by atoms with Crippen LogP contribution in [0.2, 0.25) is 0 Å². The smallest absolute Gasteiger partial charge is 0.323 e. The Morgan fingerprint density at radius 3 is 2.89 bits per heavy atom. The summed E-state index contributed by atoms with van der Waals surface area (Å²) < 4.78 is 10.9. The van der Waals surface area contributed by atoms with E-state index in [0.29, 0.717) is 12.6 Å². The number of rotatable bonds is 4. The maximum atomic E-state index is 5.68. The van der Waals surface area contributed by atoms with E-state index in [1.54, 1.807) is 0 Å². The van der Waals surface area contributed by atoms with E-state index in [9.17, 15) is 0 Å². The van der Waals surface area contributed by atoms with Gasteiger partial charge in [-0.15, -0.1) is 0 Å². The van der Waals surface area contributed by atoms with Gasteiger partial charge in [0.25, 0.3) is 0 Å². The molecule has 0 aromatic carbocycles. The van der Waals surface area contributed by atoms with Crippen LogP contribution in [-0.4, -0.2) is 39.8 Å². The number of anilines is 2. The fourth-order valence-electron chi connectivity index (χ4n) is 2.17. The molecule has 0 spiro atoms. The van der Waals surface area contributed by atoms with Crippen LogP contribution in [-0.2, 0) is 4.74 Å². The molecule has 1 atom stereocenters. The zero-order chi connectivity index (χ0) is 13.9. The van der Waals surface area contributed by atoms with Crippen LogP contribution in [0.4, 0.5) is 11.9 Å². The summed E-state index contributed by atoms with van der Waals surface area (Å²) in [5, 5.41) is 3.27. The van der Waals surface area contributed by atoms with Crippen molar-refractivity contribution in [2.24, 2.45) is 0 Å². The molecule has 19 heavy (non-hydrogen) atoms. The van der Waals surface area contributed by atoms with Gasteiger partial charge in [-0.05, 0) is 33.6 Å². The van der Waals surface area contributed by atoms with Crippen molar-refractivity contribution in [3.05, 3.63) is 0 Å². The molecular weight excluding hydrogens is 246 g/mol. The number of nitrogens with zero attached hydrogens (tertiary/aromatic N) is 3. The molecule has 2 heterocycles. The first-order chi connectivity index (χ1) is 8.98. The van der Waals surface area contributed by atoms with Crippen LogP contribution in [0.3, 0.4) is 0 Å². The normalized spacial score (nSPS) is 21.9. The molecule has 1 unspecified atom stereocenters. The first-order valence-electron chi connectivity index (χ1n) is 6.53. The standard InChI is InChI=1S/C12H21N5O2/c1-4-18-11-16-9(13)15-10(17-11)14-8-5-6-19-12(2,3)7-8/h8H,4-7H2,1-3H3,(H3,13,14,15,16,17). The number of nitrogens with two attached hydrogens (primary N) is 1. The van der Waals surface area contributed by atoms with Crippen LogP contribution < -0.4 is 15.8 Å². The lowest BCUT2D eigenvalue weighted by Crippen LogP contribution is -2.40. The first-order valence-corrected chi connectivity index (χ1v) is 6.53. The van der Waals surface area contributed by atoms with E-state index in [1.807, 2.05) is 6.92 Å². The SMILES string of the molecule is CCOc1nc(N)nc(NC2CCOC(C)(C)C2)n1. The Morgan fingerprint density at radius 2 is 2.21 bits per heavy atom. The fraction of sp³-hybridized carbons (Fsp3) is 0.750. The minimum absolute atomic E-state index is 0.128. The number of aromatic nitrogens is 3. The predicted octanol–water partition coefficient (Wildman–Crippen LogP) is 1.22. The summed E-state index contributed by atoms with van der Waals surface area (Å²) in [6.07, 6.45) is 1.81. The first kappa shape index (κ1) is 13.8. The van der Waals surface area contributed by atoms with Gasteiger partial charge < -0.3 is 20.5 Å². The van der Waals surface area contributed by atoms with Gasteiger partial charge in [-0.1, -0.05) is 0 Å². The van der Waals surface area contributed by atoms with E-state index >= 15 is 0 Å². The second-order valence-corrected chi connectivity index (χ2v) is 5.18. The van der Waals surface area contributed by atoms with Crippen molar-refractivity contribution >= 4 is 11.9 Å². The second-order valence-electron chi connectivity index (χ2n) is 5.18. The van der Waals surface area contributed by atoms with Crippen molar-refractivity contribution in [3.63, 3.8) is 0 Å². The third-order valence-electron chi connectivity index (χ3n) is 2.94. The highest BCUT2D eigenvalue weighted by Crippen LogP contribution is 2.25. The highest BCUT2D eigenvalue weighted by molar-refractivity contribution is 5.33. The van der Waals surface area contributed by atoms with Gasteiger partial charge in [0.2, 0.25) is 11.9 Å². The lowest BCUT2D eigenvalue weighted by atomic mass is 9.94. The molecule has 0 aliphatic carbocycles. The maximum Gasteiger partial charge on any atom is 0.323 e. The van der Waals surface area contributed by atoms with Crippen LogP contribution in [0.25, 0.3) is 0 Å². The number of ether oxygens (including phenoxy) is 2. The zero-order valence-electron chi connectivity index (χ0n) is 11.6. The highest BCUT2D eigenvalue weighted by Gasteiger charge is 2.29. The summed E-state index contributed by atoms with van der Waals surface area (Å²) in [6, 6.07) is 0.517. The predicted molar refractivity (Wildman–Crippen MR) is 72.1 cm³/mol. The third kappa shape index (κ3) is 3.92. The highest BCUT2D eigenvalue weighted by atomic mass is 16.5. The van der Waals surface area contributed by atoms with Crippen molar-refractivity contribution < 1.29 is 9.47 Å². The van der Waals surface area contributed by atoms with Crippen molar-refractivity contribution in [1.29, 1.82) is 0 Å². The molecule has 1 saturated heterocycles. The Balaban J connectivity index is 2.06. The topological polar surface area (TPSA) is 95.2 Å². The molecule has 1 fully saturated rings. The average molecular weight is 267 g/mol. The van der Waals surface area contributed by atoms with Gasteiger partial charge in [0.15, 0.2) is 0 Å². The van der Waals surface area contributed by atoms with Crippen LogP contribution in [0.5, 0.6) is 6.01 Å². The van der Waals surface area contributed by atoms with Crippen LogP contribution >= 0.6 is 0 Å². The Bertz CT molecular complexity index is 438. The van der Waals surface area contributed by atoms with Gasteiger partial charge in [0.05, 0.1) is 12.2 Å². The molecule has 0 amide bonds. The van der Waals surface area contributed by atoms with E-state index in [0.717, 1.165) is 19.4 Å². The van der Waals surface area contributed by atoms with E-state index in [-0.39, 0.29) is 23.6 Å². The number of nitrogen functional groups attached to an aromatic ring is 1. The van der Waals surface area contributed by atoms with Crippen molar-refractivity contribution in [1.82, 2.24) is 15.0 Å². The molecule has 3 N–H and O–H groups in total. The van der Waals surface area contributed by atoms with E-state index in [2.05, 4.69) is 34.1 Å². The molecule has 0 bridgehead atoms. The molecule has 1 aromatic rings. The number of hydrogen-bond donors (Lipinski definition) is 2. The Morgan fingerprint density at radius 1 is 1.42 bits per heavy atom. The van der Waals surface area contributed by atoms with Crippen LogP contribution in [0, 0.1) is 0 Å². The Kier molecular flexibility index (Phi) is 4.04. The molecule has 1 aromatic heterocycles. The van der Waals surface area contributed by atoms with Gasteiger partial charge in [-0.25, -0.2) is 0 Å². The van der Waals surface area contributed by atoms with Gasteiger partial charge in [0.1, 0.15) is 0 Å². The van der Waals surface area contributed by atoms with E-state index in [1.165, 1.54) is 0 Å². The second kappa shape index (κ2) is 5.56. The number of hydrogen-bond acceptors (Lipinski definition) is 7. The minimum Gasteiger partial charge on any atom is -0.464 e. The molecule has 0 saturated carbocycles. The average Bonchev–Trinajstić information content (AvgIpc) is 2.26. The monoisotopic (exact) mass is 267 g/mol. The molecule has 7 heteroatoms. The molecular formula is C12H21N5O2. The molecule has 106 valence electrons. The quantitative estimate of drug-likeness (QED) is 0.846. The fourth-order valence-corrected chi connectivity index (χ4v) is 2.17. The lowest BCUT2D eigenvalue weighted by molar-refractivity contribution is -0.0554. The molecule has 1 aliphatic heterocycles. The van der Waals surface area contributed by atoms with Crippen molar-refractivity contribution in [3.8, 4) is 6.01 Å². The summed E-state index contributed by atoms with van der Waals surface area (Å²) in [4.78, 5) is 12.2. The third-order valence-corrected chi connectivity index (χ3v) is 2.94. The van der Waals surface area contributed by atoms with Crippen molar-refractivity contribution in [2.75, 3.05) is 24.3 Å². The zero-order valence-corrected chi connectivity index (χ0v) is 11.6. The van der Waals surface area contributed by atoms with Crippen LogP contribution in [0.15, 0.2) is 0 Å². The Hall–Kier alpha value is -1.63. The lowest BCUT2D eigenvalue weighted by Gasteiger charge is -2.35.